The number of carbonyl (C=O) groups excluding carboxylic acids is 1. The van der Waals surface area contributed by atoms with Crippen molar-refractivity contribution in [2.75, 3.05) is 6.54 Å². The lowest BCUT2D eigenvalue weighted by Gasteiger charge is -2.39. The molecule has 2 heterocycles. The number of nitrogens with two attached hydrogens (primary N) is 1. The minimum absolute atomic E-state index is 0.0733. The smallest absolute Gasteiger partial charge is 0.227 e. The van der Waals surface area contributed by atoms with Crippen LogP contribution in [0, 0.1) is 11.3 Å². The molecule has 1 amide bonds. The minimum atomic E-state index is -0.113. The largest absolute Gasteiger partial charge is 0.372 e. The highest BCUT2D eigenvalue weighted by Crippen LogP contribution is 2.40. The Hall–Kier alpha value is -0.610. The van der Waals surface area contributed by atoms with Gasteiger partial charge in [0.05, 0.1) is 18.1 Å². The molecule has 0 aromatic carbocycles. The van der Waals surface area contributed by atoms with Gasteiger partial charge in [-0.15, -0.1) is 0 Å². The van der Waals surface area contributed by atoms with E-state index in [1.165, 1.54) is 19.3 Å². The lowest BCUT2D eigenvalue weighted by atomic mass is 9.70. The molecule has 3 rings (SSSR count). The van der Waals surface area contributed by atoms with E-state index in [1.807, 2.05) is 0 Å². The van der Waals surface area contributed by atoms with Crippen molar-refractivity contribution >= 4 is 5.91 Å². The molecule has 4 nitrogen and oxygen atoms in total. The molecule has 4 atom stereocenters. The van der Waals surface area contributed by atoms with Crippen LogP contribution in [-0.4, -0.2) is 30.7 Å². The zero-order chi connectivity index (χ0) is 12.0. The van der Waals surface area contributed by atoms with Crippen LogP contribution in [0.3, 0.4) is 0 Å². The Kier molecular flexibility index (Phi) is 2.67. The fraction of sp³-hybridized carbons (Fsp3) is 0.923. The van der Waals surface area contributed by atoms with Crippen LogP contribution in [0.4, 0.5) is 0 Å². The number of nitrogens with one attached hydrogen (secondary N) is 1. The van der Waals surface area contributed by atoms with Gasteiger partial charge in [0.15, 0.2) is 0 Å². The van der Waals surface area contributed by atoms with E-state index in [4.69, 9.17) is 10.5 Å². The molecule has 4 heteroatoms. The monoisotopic (exact) mass is 238 g/mol. The van der Waals surface area contributed by atoms with E-state index in [-0.39, 0.29) is 30.1 Å². The molecule has 0 spiro atoms. The highest BCUT2D eigenvalue weighted by atomic mass is 16.5. The lowest BCUT2D eigenvalue weighted by Crippen LogP contribution is -2.50. The molecule has 17 heavy (non-hydrogen) atoms. The van der Waals surface area contributed by atoms with E-state index in [0.29, 0.717) is 5.41 Å². The Bertz CT molecular complexity index is 325. The van der Waals surface area contributed by atoms with Gasteiger partial charge in [0, 0.05) is 12.6 Å². The van der Waals surface area contributed by atoms with E-state index >= 15 is 0 Å². The van der Waals surface area contributed by atoms with Crippen LogP contribution < -0.4 is 11.1 Å². The third kappa shape index (κ3) is 1.87. The van der Waals surface area contributed by atoms with Crippen molar-refractivity contribution in [2.24, 2.45) is 17.1 Å². The highest BCUT2D eigenvalue weighted by Gasteiger charge is 2.50. The van der Waals surface area contributed by atoms with Gasteiger partial charge in [-0.1, -0.05) is 13.3 Å². The number of hydrogen-bond acceptors (Lipinski definition) is 3. The standard InChI is InChI=1S/C13H22N2O2/c1-13(5-2-6-13)7-15-12(16)10-8-3-4-9(17-8)11(10)14/h8-11H,2-7,14H2,1H3,(H,15,16). The molecule has 0 aromatic heterocycles. The van der Waals surface area contributed by atoms with Crippen molar-refractivity contribution in [3.05, 3.63) is 0 Å². The average molecular weight is 238 g/mol. The summed E-state index contributed by atoms with van der Waals surface area (Å²) >= 11 is 0. The molecular weight excluding hydrogens is 216 g/mol. The summed E-state index contributed by atoms with van der Waals surface area (Å²) in [4.78, 5) is 12.2. The van der Waals surface area contributed by atoms with Crippen LogP contribution >= 0.6 is 0 Å². The SMILES string of the molecule is CC1(CNC(=O)C2C3CCC(O3)C2N)CCC1. The van der Waals surface area contributed by atoms with Crippen molar-refractivity contribution in [2.45, 2.75) is 57.3 Å². The number of ether oxygens (including phenoxy) is 1. The number of carbonyl (C=O) groups is 1. The van der Waals surface area contributed by atoms with E-state index in [0.717, 1.165) is 19.4 Å². The molecule has 3 N–H and O–H groups in total. The number of rotatable bonds is 3. The van der Waals surface area contributed by atoms with Crippen LogP contribution in [0.5, 0.6) is 0 Å². The Balaban J connectivity index is 1.56. The fourth-order valence-electron chi connectivity index (χ4n) is 3.43. The Morgan fingerprint density at radius 3 is 2.65 bits per heavy atom. The first kappa shape index (κ1) is 11.5. The quantitative estimate of drug-likeness (QED) is 0.764. The second-order valence-corrected chi connectivity index (χ2v) is 6.28. The molecule has 2 aliphatic heterocycles. The second kappa shape index (κ2) is 3.95. The van der Waals surface area contributed by atoms with Gasteiger partial charge in [-0.25, -0.2) is 0 Å². The average Bonchev–Trinajstić information content (AvgIpc) is 2.83. The van der Waals surface area contributed by atoms with Crippen LogP contribution in [-0.2, 0) is 9.53 Å². The predicted octanol–water partition coefficient (Wildman–Crippen LogP) is 0.797. The number of fused-ring (bicyclic) bond motifs is 2. The summed E-state index contributed by atoms with van der Waals surface area (Å²) in [7, 11) is 0. The van der Waals surface area contributed by atoms with Crippen LogP contribution in [0.1, 0.15) is 39.0 Å². The predicted molar refractivity (Wildman–Crippen MR) is 64.3 cm³/mol. The summed E-state index contributed by atoms with van der Waals surface area (Å²) in [5, 5.41) is 3.08. The molecule has 1 saturated carbocycles. The van der Waals surface area contributed by atoms with Gasteiger partial charge >= 0.3 is 0 Å². The first-order valence-electron chi connectivity index (χ1n) is 6.78. The molecule has 2 saturated heterocycles. The van der Waals surface area contributed by atoms with Crippen LogP contribution in [0.15, 0.2) is 0 Å². The zero-order valence-corrected chi connectivity index (χ0v) is 10.4. The normalized spacial score (nSPS) is 42.2. The topological polar surface area (TPSA) is 64.3 Å². The molecule has 1 aliphatic carbocycles. The van der Waals surface area contributed by atoms with Crippen LogP contribution in [0.2, 0.25) is 0 Å². The summed E-state index contributed by atoms with van der Waals surface area (Å²) in [6.07, 6.45) is 5.96. The van der Waals surface area contributed by atoms with Gasteiger partial charge in [-0.3, -0.25) is 4.79 Å². The lowest BCUT2D eigenvalue weighted by molar-refractivity contribution is -0.127. The molecule has 0 aromatic rings. The summed E-state index contributed by atoms with van der Waals surface area (Å²) in [5.41, 5.74) is 6.40. The van der Waals surface area contributed by atoms with E-state index in [2.05, 4.69) is 12.2 Å². The van der Waals surface area contributed by atoms with Gasteiger partial charge in [-0.05, 0) is 31.1 Å². The third-order valence-corrected chi connectivity index (χ3v) is 4.88. The molecule has 4 unspecified atom stereocenters. The maximum atomic E-state index is 12.2. The van der Waals surface area contributed by atoms with Crippen molar-refractivity contribution < 1.29 is 9.53 Å². The molecule has 2 bridgehead atoms. The summed E-state index contributed by atoms with van der Waals surface area (Å²) in [6, 6.07) is -0.0945. The van der Waals surface area contributed by atoms with Gasteiger partial charge in [0.1, 0.15) is 0 Å². The highest BCUT2D eigenvalue weighted by molar-refractivity contribution is 5.80. The third-order valence-electron chi connectivity index (χ3n) is 4.88. The van der Waals surface area contributed by atoms with Gasteiger partial charge in [0.2, 0.25) is 5.91 Å². The van der Waals surface area contributed by atoms with Crippen LogP contribution in [0.25, 0.3) is 0 Å². The second-order valence-electron chi connectivity index (χ2n) is 6.28. The van der Waals surface area contributed by atoms with Gasteiger partial charge in [-0.2, -0.15) is 0 Å². The van der Waals surface area contributed by atoms with Crippen molar-refractivity contribution in [1.82, 2.24) is 5.32 Å². The Morgan fingerprint density at radius 1 is 1.41 bits per heavy atom. The Morgan fingerprint density at radius 2 is 2.12 bits per heavy atom. The van der Waals surface area contributed by atoms with Crippen molar-refractivity contribution in [3.8, 4) is 0 Å². The summed E-state index contributed by atoms with van der Waals surface area (Å²) < 4.78 is 5.70. The molecular formula is C13H22N2O2. The fourth-order valence-corrected chi connectivity index (χ4v) is 3.43. The summed E-state index contributed by atoms with van der Waals surface area (Å²) in [5.74, 6) is -0.00440. The zero-order valence-electron chi connectivity index (χ0n) is 10.4. The van der Waals surface area contributed by atoms with E-state index < -0.39 is 0 Å². The van der Waals surface area contributed by atoms with Crippen molar-refractivity contribution in [3.63, 3.8) is 0 Å². The maximum Gasteiger partial charge on any atom is 0.227 e. The Labute approximate surface area is 102 Å². The van der Waals surface area contributed by atoms with Crippen molar-refractivity contribution in [1.29, 1.82) is 0 Å². The minimum Gasteiger partial charge on any atom is -0.372 e. The molecule has 96 valence electrons. The number of hydrogen-bond donors (Lipinski definition) is 2. The molecule has 3 fully saturated rings. The maximum absolute atomic E-state index is 12.2. The molecule has 3 aliphatic rings. The first-order chi connectivity index (χ1) is 8.09. The van der Waals surface area contributed by atoms with E-state index in [9.17, 15) is 4.79 Å². The van der Waals surface area contributed by atoms with E-state index in [1.54, 1.807) is 0 Å². The first-order valence-corrected chi connectivity index (χ1v) is 6.78. The number of amides is 1. The molecule has 0 radical (unpaired) electrons. The van der Waals surface area contributed by atoms with Gasteiger partial charge < -0.3 is 15.8 Å². The van der Waals surface area contributed by atoms with Gasteiger partial charge in [0.25, 0.3) is 0 Å². The summed E-state index contributed by atoms with van der Waals surface area (Å²) in [6.45, 7) is 3.04.